The van der Waals surface area contributed by atoms with Gasteiger partial charge in [0.2, 0.25) is 0 Å². The highest BCUT2D eigenvalue weighted by atomic mass is 35.5. The minimum Gasteiger partial charge on any atom is -0.451 e. The molecule has 1 N–H and O–H groups in total. The Morgan fingerprint density at radius 2 is 2.07 bits per heavy atom. The van der Waals surface area contributed by atoms with Crippen LogP contribution in [0.15, 0.2) is 39.9 Å². The van der Waals surface area contributed by atoms with E-state index in [2.05, 4.69) is 31.3 Å². The van der Waals surface area contributed by atoms with Gasteiger partial charge >= 0.3 is 5.91 Å². The molecule has 0 aliphatic heterocycles. The van der Waals surface area contributed by atoms with Crippen LogP contribution < -0.4 is 5.43 Å². The predicted molar refractivity (Wildman–Crippen MR) is 110 cm³/mol. The molecular weight excluding hydrogens is 394 g/mol. The first-order chi connectivity index (χ1) is 13.6. The normalized spacial score (nSPS) is 26.1. The summed E-state index contributed by atoms with van der Waals surface area (Å²) in [5, 5.41) is 15.5. The van der Waals surface area contributed by atoms with Crippen LogP contribution in [0.4, 0.5) is 5.69 Å². The summed E-state index contributed by atoms with van der Waals surface area (Å²) in [7, 11) is 0. The summed E-state index contributed by atoms with van der Waals surface area (Å²) in [5.41, 5.74) is 4.22. The average Bonchev–Trinajstić information content (AvgIpc) is 3.29. The molecule has 4 rings (SSSR count). The lowest BCUT2D eigenvalue weighted by Crippen LogP contribution is -2.34. The smallest absolute Gasteiger partial charge is 0.307 e. The van der Waals surface area contributed by atoms with Gasteiger partial charge in [-0.25, -0.2) is 5.43 Å². The molecule has 2 fully saturated rings. The van der Waals surface area contributed by atoms with Crippen molar-refractivity contribution in [2.45, 2.75) is 40.0 Å². The van der Waals surface area contributed by atoms with Crippen molar-refractivity contribution in [3.63, 3.8) is 0 Å². The first-order valence-corrected chi connectivity index (χ1v) is 9.93. The molecule has 2 aromatic rings. The topological polar surface area (TPSA) is 97.7 Å². The Balaban J connectivity index is 1.51. The Hall–Kier alpha value is -2.67. The van der Waals surface area contributed by atoms with Gasteiger partial charge in [0.25, 0.3) is 5.69 Å². The van der Waals surface area contributed by atoms with Crippen LogP contribution in [-0.2, 0) is 0 Å². The fourth-order valence-electron chi connectivity index (χ4n) is 4.69. The molecule has 0 unspecified atom stereocenters. The summed E-state index contributed by atoms with van der Waals surface area (Å²) in [6, 6.07) is 7.24. The zero-order valence-electron chi connectivity index (χ0n) is 16.5. The van der Waals surface area contributed by atoms with Crippen LogP contribution in [0.25, 0.3) is 11.3 Å². The van der Waals surface area contributed by atoms with Crippen molar-refractivity contribution in [3.8, 4) is 11.3 Å². The van der Waals surface area contributed by atoms with Crippen LogP contribution in [0.3, 0.4) is 0 Å². The number of hydrogen-bond donors (Lipinski definition) is 1. The third kappa shape index (κ3) is 3.04. The first-order valence-electron chi connectivity index (χ1n) is 9.55. The maximum absolute atomic E-state index is 12.5. The van der Waals surface area contributed by atoms with E-state index in [1.165, 1.54) is 30.7 Å². The van der Waals surface area contributed by atoms with Crippen molar-refractivity contribution in [1.82, 2.24) is 5.43 Å². The van der Waals surface area contributed by atoms with E-state index in [4.69, 9.17) is 16.0 Å². The molecule has 7 nitrogen and oxygen atoms in total. The van der Waals surface area contributed by atoms with Crippen LogP contribution in [0.2, 0.25) is 5.02 Å². The predicted octanol–water partition coefficient (Wildman–Crippen LogP) is 5.44. The fourth-order valence-corrected chi connectivity index (χ4v) is 4.96. The second kappa shape index (κ2) is 6.69. The number of nitro benzene ring substituents is 1. The second-order valence-corrected chi connectivity index (χ2v) is 8.99. The average molecular weight is 416 g/mol. The molecule has 2 bridgehead atoms. The number of carbonyl (C=O) groups is 1. The van der Waals surface area contributed by atoms with E-state index in [1.54, 1.807) is 6.07 Å². The van der Waals surface area contributed by atoms with Gasteiger partial charge in [-0.1, -0.05) is 32.4 Å². The minimum absolute atomic E-state index is 0.00551. The maximum atomic E-state index is 12.5. The monoisotopic (exact) mass is 415 g/mol. The van der Waals surface area contributed by atoms with Crippen molar-refractivity contribution < 1.29 is 14.1 Å². The van der Waals surface area contributed by atoms with E-state index in [9.17, 15) is 14.9 Å². The molecule has 1 amide bonds. The van der Waals surface area contributed by atoms with Crippen LogP contribution in [0, 0.1) is 26.9 Å². The summed E-state index contributed by atoms with van der Waals surface area (Å²) in [6.07, 6.45) is 3.20. The lowest BCUT2D eigenvalue weighted by atomic mass is 9.70. The molecule has 1 heterocycles. The van der Waals surface area contributed by atoms with Gasteiger partial charge in [-0.3, -0.25) is 14.9 Å². The molecule has 1 aromatic heterocycles. The number of halogens is 1. The maximum Gasteiger partial charge on any atom is 0.307 e. The SMILES string of the molecule is CC1(C)[C@H]2CC[C@]1(C)/C(=N/NC(=O)c1ccc(-c3ccc([N+](=O)[O-])cc3Cl)o1)C2. The van der Waals surface area contributed by atoms with E-state index >= 15 is 0 Å². The molecule has 0 spiro atoms. The van der Waals surface area contributed by atoms with Crippen LogP contribution in [0.1, 0.15) is 50.6 Å². The molecule has 8 heteroatoms. The third-order valence-electron chi connectivity index (χ3n) is 7.06. The highest BCUT2D eigenvalue weighted by Gasteiger charge is 2.60. The van der Waals surface area contributed by atoms with Gasteiger partial charge in [0.15, 0.2) is 5.76 Å². The van der Waals surface area contributed by atoms with E-state index in [0.29, 0.717) is 17.2 Å². The van der Waals surface area contributed by atoms with Crippen LogP contribution >= 0.6 is 11.6 Å². The zero-order chi connectivity index (χ0) is 21.0. The number of benzene rings is 1. The molecular formula is C21H22ClN3O4. The standard InChI is InChI=1S/C21H22ClN3O4/c1-20(2)12-8-9-21(20,3)18(10-12)23-24-19(26)17-7-6-16(29-17)14-5-4-13(25(27)28)11-15(14)22/h4-7,11-12H,8-10H2,1-3H3,(H,24,26)/b23-18+/t12-,21+/m0/s1. The summed E-state index contributed by atoms with van der Waals surface area (Å²) in [4.78, 5) is 22.8. The molecule has 152 valence electrons. The number of furan rings is 1. The second-order valence-electron chi connectivity index (χ2n) is 8.58. The molecule has 29 heavy (non-hydrogen) atoms. The number of nitrogens with one attached hydrogen (secondary N) is 1. The molecule has 2 aliphatic carbocycles. The molecule has 0 radical (unpaired) electrons. The molecule has 1 aromatic carbocycles. The number of nitro groups is 1. The Kier molecular flexibility index (Phi) is 4.53. The van der Waals surface area contributed by atoms with Gasteiger partial charge in [-0.05, 0) is 48.8 Å². The Morgan fingerprint density at radius 3 is 2.66 bits per heavy atom. The number of fused-ring (bicyclic) bond motifs is 2. The first kappa shape index (κ1) is 19.6. The van der Waals surface area contributed by atoms with Crippen molar-refractivity contribution in [2.24, 2.45) is 21.8 Å². The van der Waals surface area contributed by atoms with Gasteiger partial charge in [-0.2, -0.15) is 5.10 Å². The number of non-ortho nitro benzene ring substituents is 1. The number of nitrogens with zero attached hydrogens (tertiary/aromatic N) is 2. The van der Waals surface area contributed by atoms with E-state index < -0.39 is 10.8 Å². The number of hydrogen-bond acceptors (Lipinski definition) is 5. The summed E-state index contributed by atoms with van der Waals surface area (Å²) >= 11 is 6.14. The van der Waals surface area contributed by atoms with Crippen molar-refractivity contribution in [2.75, 3.05) is 0 Å². The quantitative estimate of drug-likeness (QED) is 0.530. The third-order valence-corrected chi connectivity index (χ3v) is 7.38. The molecule has 2 atom stereocenters. The summed E-state index contributed by atoms with van der Waals surface area (Å²) in [5.74, 6) is 0.621. The summed E-state index contributed by atoms with van der Waals surface area (Å²) < 4.78 is 5.62. The number of rotatable bonds is 4. The number of amides is 1. The van der Waals surface area contributed by atoms with Crippen molar-refractivity contribution in [3.05, 3.63) is 51.2 Å². The zero-order valence-corrected chi connectivity index (χ0v) is 17.2. The Morgan fingerprint density at radius 1 is 1.31 bits per heavy atom. The fraction of sp³-hybridized carbons (Fsp3) is 0.429. The lowest BCUT2D eigenvalue weighted by molar-refractivity contribution is -0.384. The van der Waals surface area contributed by atoms with Gasteiger partial charge in [0.05, 0.1) is 9.95 Å². The minimum atomic E-state index is -0.521. The highest BCUT2D eigenvalue weighted by molar-refractivity contribution is 6.33. The molecule has 0 saturated heterocycles. The van der Waals surface area contributed by atoms with Crippen LogP contribution in [-0.4, -0.2) is 16.5 Å². The van der Waals surface area contributed by atoms with Gasteiger partial charge in [0, 0.05) is 28.8 Å². The summed E-state index contributed by atoms with van der Waals surface area (Å²) in [6.45, 7) is 6.79. The van der Waals surface area contributed by atoms with E-state index in [0.717, 1.165) is 18.6 Å². The van der Waals surface area contributed by atoms with E-state index in [-0.39, 0.29) is 27.3 Å². The van der Waals surface area contributed by atoms with Crippen LogP contribution in [0.5, 0.6) is 0 Å². The van der Waals surface area contributed by atoms with Crippen molar-refractivity contribution >= 4 is 28.9 Å². The van der Waals surface area contributed by atoms with Crippen molar-refractivity contribution in [1.29, 1.82) is 0 Å². The molecule has 2 saturated carbocycles. The number of carbonyl (C=O) groups excluding carboxylic acids is 1. The lowest BCUT2D eigenvalue weighted by Gasteiger charge is -2.34. The van der Waals surface area contributed by atoms with E-state index in [1.807, 2.05) is 0 Å². The Labute approximate surface area is 173 Å². The van der Waals surface area contributed by atoms with Gasteiger partial charge < -0.3 is 4.42 Å². The molecule has 2 aliphatic rings. The largest absolute Gasteiger partial charge is 0.451 e. The number of hydrazone groups is 1. The Bertz CT molecular complexity index is 1040. The van der Waals surface area contributed by atoms with Gasteiger partial charge in [-0.15, -0.1) is 0 Å². The van der Waals surface area contributed by atoms with Gasteiger partial charge in [0.1, 0.15) is 5.76 Å². The highest BCUT2D eigenvalue weighted by Crippen LogP contribution is 2.63.